The highest BCUT2D eigenvalue weighted by Crippen LogP contribution is 2.32. The Hall–Kier alpha value is -1.26. The quantitative estimate of drug-likeness (QED) is 0.629. The van der Waals surface area contributed by atoms with Gasteiger partial charge in [-0.3, -0.25) is 0 Å². The summed E-state index contributed by atoms with van der Waals surface area (Å²) in [6, 6.07) is -0.349. The van der Waals surface area contributed by atoms with Crippen LogP contribution in [0.15, 0.2) is 0 Å². The second-order valence-electron chi connectivity index (χ2n) is 6.01. The van der Waals surface area contributed by atoms with Crippen LogP contribution in [-0.2, 0) is 4.79 Å². The van der Waals surface area contributed by atoms with Crippen molar-refractivity contribution in [2.45, 2.75) is 70.8 Å². The van der Waals surface area contributed by atoms with E-state index < -0.39 is 11.5 Å². The van der Waals surface area contributed by atoms with E-state index in [1.807, 2.05) is 0 Å². The molecule has 0 radical (unpaired) electrons. The summed E-state index contributed by atoms with van der Waals surface area (Å²) in [6.07, 6.45) is 7.11. The average molecular weight is 284 g/mol. The lowest BCUT2D eigenvalue weighted by Gasteiger charge is -2.36. The molecule has 0 aromatic carbocycles. The summed E-state index contributed by atoms with van der Waals surface area (Å²) in [5.41, 5.74) is -1.07. The summed E-state index contributed by atoms with van der Waals surface area (Å²) in [5, 5.41) is 14.9. The van der Waals surface area contributed by atoms with Gasteiger partial charge in [0.05, 0.1) is 0 Å². The predicted octanol–water partition coefficient (Wildman–Crippen LogP) is 2.90. The number of carboxylic acids is 1. The Morgan fingerprint density at radius 2 is 1.85 bits per heavy atom. The van der Waals surface area contributed by atoms with Gasteiger partial charge in [0, 0.05) is 6.54 Å². The SMILES string of the molecule is CCCCCCNC(=O)NC1(C(=O)O)CCC(C)CC1. The number of amides is 2. The van der Waals surface area contributed by atoms with Crippen molar-refractivity contribution in [3.63, 3.8) is 0 Å². The predicted molar refractivity (Wildman–Crippen MR) is 78.7 cm³/mol. The Bertz CT molecular complexity index is 323. The van der Waals surface area contributed by atoms with Crippen LogP contribution in [0, 0.1) is 5.92 Å². The number of hydrogen-bond donors (Lipinski definition) is 3. The molecule has 1 rings (SSSR count). The lowest BCUT2D eigenvalue weighted by atomic mass is 9.77. The zero-order valence-corrected chi connectivity index (χ0v) is 12.7. The molecule has 0 heterocycles. The third kappa shape index (κ3) is 5.02. The molecule has 1 aliphatic carbocycles. The molecule has 1 aliphatic rings. The van der Waals surface area contributed by atoms with Crippen LogP contribution in [0.1, 0.15) is 65.2 Å². The average Bonchev–Trinajstić information content (AvgIpc) is 2.41. The molecule has 5 nitrogen and oxygen atoms in total. The Labute approximate surface area is 121 Å². The van der Waals surface area contributed by atoms with Crippen molar-refractivity contribution in [1.29, 1.82) is 0 Å². The van der Waals surface area contributed by atoms with Gasteiger partial charge in [0.1, 0.15) is 5.54 Å². The molecule has 0 aromatic rings. The molecule has 0 aromatic heterocycles. The fourth-order valence-corrected chi connectivity index (χ4v) is 2.66. The van der Waals surface area contributed by atoms with Gasteiger partial charge < -0.3 is 15.7 Å². The summed E-state index contributed by atoms with van der Waals surface area (Å²) in [6.45, 7) is 4.87. The van der Waals surface area contributed by atoms with Crippen LogP contribution in [0.5, 0.6) is 0 Å². The molecule has 116 valence electrons. The van der Waals surface area contributed by atoms with Crippen molar-refractivity contribution in [3.05, 3.63) is 0 Å². The van der Waals surface area contributed by atoms with Gasteiger partial charge in [0.25, 0.3) is 0 Å². The molecule has 0 bridgehead atoms. The van der Waals surface area contributed by atoms with E-state index >= 15 is 0 Å². The second kappa shape index (κ2) is 8.12. The fraction of sp³-hybridized carbons (Fsp3) is 0.867. The Balaban J connectivity index is 2.38. The number of rotatable bonds is 7. The van der Waals surface area contributed by atoms with E-state index in [9.17, 15) is 14.7 Å². The number of unbranched alkanes of at least 4 members (excludes halogenated alkanes) is 3. The number of nitrogens with one attached hydrogen (secondary N) is 2. The monoisotopic (exact) mass is 284 g/mol. The van der Waals surface area contributed by atoms with Crippen molar-refractivity contribution in [2.24, 2.45) is 5.92 Å². The number of aliphatic carboxylic acids is 1. The maximum absolute atomic E-state index is 11.8. The first-order valence-corrected chi connectivity index (χ1v) is 7.79. The van der Waals surface area contributed by atoms with Crippen LogP contribution in [0.4, 0.5) is 4.79 Å². The molecule has 1 fully saturated rings. The lowest BCUT2D eigenvalue weighted by Crippen LogP contribution is -2.58. The second-order valence-corrected chi connectivity index (χ2v) is 6.01. The minimum atomic E-state index is -1.07. The first-order valence-electron chi connectivity index (χ1n) is 7.79. The molecule has 3 N–H and O–H groups in total. The van der Waals surface area contributed by atoms with Crippen molar-refractivity contribution < 1.29 is 14.7 Å². The van der Waals surface area contributed by atoms with Gasteiger partial charge in [0.15, 0.2) is 0 Å². The summed E-state index contributed by atoms with van der Waals surface area (Å²) in [4.78, 5) is 23.3. The van der Waals surface area contributed by atoms with Crippen LogP contribution in [0.2, 0.25) is 0 Å². The molecule has 0 spiro atoms. The molecular weight excluding hydrogens is 256 g/mol. The van der Waals surface area contributed by atoms with Crippen LogP contribution >= 0.6 is 0 Å². The van der Waals surface area contributed by atoms with Crippen molar-refractivity contribution in [3.8, 4) is 0 Å². The first-order chi connectivity index (χ1) is 9.50. The highest BCUT2D eigenvalue weighted by Gasteiger charge is 2.42. The maximum Gasteiger partial charge on any atom is 0.329 e. The Morgan fingerprint density at radius 1 is 1.20 bits per heavy atom. The third-order valence-corrected chi connectivity index (χ3v) is 4.21. The molecule has 0 saturated heterocycles. The van der Waals surface area contributed by atoms with E-state index in [2.05, 4.69) is 24.5 Å². The summed E-state index contributed by atoms with van der Waals surface area (Å²) in [5.74, 6) is -0.369. The zero-order valence-electron chi connectivity index (χ0n) is 12.7. The van der Waals surface area contributed by atoms with Gasteiger partial charge >= 0.3 is 12.0 Å². The van der Waals surface area contributed by atoms with E-state index in [1.165, 1.54) is 6.42 Å². The van der Waals surface area contributed by atoms with E-state index in [1.54, 1.807) is 0 Å². The standard InChI is InChI=1S/C15H28N2O3/c1-3-4-5-6-11-16-14(20)17-15(13(18)19)9-7-12(2)8-10-15/h12H,3-11H2,1-2H3,(H,18,19)(H2,16,17,20). The minimum Gasteiger partial charge on any atom is -0.480 e. The lowest BCUT2D eigenvalue weighted by molar-refractivity contribution is -0.146. The van der Waals surface area contributed by atoms with Crippen molar-refractivity contribution in [2.75, 3.05) is 6.54 Å². The fourth-order valence-electron chi connectivity index (χ4n) is 2.66. The molecule has 1 saturated carbocycles. The molecule has 0 atom stereocenters. The highest BCUT2D eigenvalue weighted by molar-refractivity contribution is 5.86. The molecule has 0 unspecified atom stereocenters. The van der Waals surface area contributed by atoms with Gasteiger partial charge in [-0.05, 0) is 38.0 Å². The van der Waals surface area contributed by atoms with Crippen LogP contribution in [0.25, 0.3) is 0 Å². The van der Waals surface area contributed by atoms with Gasteiger partial charge in [-0.2, -0.15) is 0 Å². The number of carbonyl (C=O) groups excluding carboxylic acids is 1. The highest BCUT2D eigenvalue weighted by atomic mass is 16.4. The normalized spacial score (nSPS) is 26.0. The van der Waals surface area contributed by atoms with E-state index in [0.29, 0.717) is 25.3 Å². The van der Waals surface area contributed by atoms with E-state index in [-0.39, 0.29) is 6.03 Å². The van der Waals surface area contributed by atoms with Crippen LogP contribution in [0.3, 0.4) is 0 Å². The van der Waals surface area contributed by atoms with Crippen LogP contribution < -0.4 is 10.6 Å². The minimum absolute atomic E-state index is 0.349. The van der Waals surface area contributed by atoms with Gasteiger partial charge in [-0.25, -0.2) is 9.59 Å². The van der Waals surface area contributed by atoms with Crippen molar-refractivity contribution in [1.82, 2.24) is 10.6 Å². The summed E-state index contributed by atoms with van der Waals surface area (Å²) < 4.78 is 0. The maximum atomic E-state index is 11.8. The zero-order chi connectivity index (χ0) is 15.0. The van der Waals surface area contributed by atoms with Crippen LogP contribution in [-0.4, -0.2) is 29.2 Å². The van der Waals surface area contributed by atoms with E-state index in [0.717, 1.165) is 32.1 Å². The number of hydrogen-bond acceptors (Lipinski definition) is 2. The molecule has 2 amide bonds. The Kier molecular flexibility index (Phi) is 6.82. The summed E-state index contributed by atoms with van der Waals surface area (Å²) >= 11 is 0. The summed E-state index contributed by atoms with van der Waals surface area (Å²) in [7, 11) is 0. The van der Waals surface area contributed by atoms with Gasteiger partial charge in [-0.15, -0.1) is 0 Å². The molecule has 20 heavy (non-hydrogen) atoms. The molecule has 0 aliphatic heterocycles. The van der Waals surface area contributed by atoms with E-state index in [4.69, 9.17) is 0 Å². The third-order valence-electron chi connectivity index (χ3n) is 4.21. The number of urea groups is 1. The number of carbonyl (C=O) groups is 2. The van der Waals surface area contributed by atoms with Gasteiger partial charge in [0.2, 0.25) is 0 Å². The Morgan fingerprint density at radius 3 is 2.40 bits per heavy atom. The van der Waals surface area contributed by atoms with Crippen molar-refractivity contribution >= 4 is 12.0 Å². The first kappa shape index (κ1) is 16.8. The largest absolute Gasteiger partial charge is 0.480 e. The van der Waals surface area contributed by atoms with Gasteiger partial charge in [-0.1, -0.05) is 33.1 Å². The molecular formula is C15H28N2O3. The smallest absolute Gasteiger partial charge is 0.329 e. The topological polar surface area (TPSA) is 78.4 Å². The number of carboxylic acid groups (broad SMARTS) is 1. The molecule has 5 heteroatoms.